The van der Waals surface area contributed by atoms with Gasteiger partial charge in [-0.15, -0.1) is 0 Å². The molecule has 4 heteroatoms. The van der Waals surface area contributed by atoms with E-state index in [4.69, 9.17) is 4.74 Å². The van der Waals surface area contributed by atoms with Crippen molar-refractivity contribution in [3.8, 4) is 11.8 Å². The molecule has 1 N–H and O–H groups in total. The number of aryl methyl sites for hydroxylation is 1. The normalized spacial score (nSPS) is 26.1. The van der Waals surface area contributed by atoms with Crippen LogP contribution in [0.3, 0.4) is 0 Å². The van der Waals surface area contributed by atoms with E-state index >= 15 is 0 Å². The van der Waals surface area contributed by atoms with Crippen LogP contribution in [-0.4, -0.2) is 18.2 Å². The molecule has 2 rings (SSSR count). The molecular formula is C15H19FN2O. The van der Waals surface area contributed by atoms with E-state index in [9.17, 15) is 9.65 Å². The van der Waals surface area contributed by atoms with Gasteiger partial charge in [-0.05, 0) is 44.0 Å². The molecule has 1 aromatic rings. The summed E-state index contributed by atoms with van der Waals surface area (Å²) >= 11 is 0. The van der Waals surface area contributed by atoms with Gasteiger partial charge in [0.2, 0.25) is 0 Å². The zero-order chi connectivity index (χ0) is 13.9. The maximum Gasteiger partial charge on any atom is 0.165 e. The average Bonchev–Trinajstić information content (AvgIpc) is 2.78. The van der Waals surface area contributed by atoms with E-state index in [2.05, 4.69) is 11.4 Å². The number of nitriles is 1. The lowest BCUT2D eigenvalue weighted by Crippen LogP contribution is -2.42. The van der Waals surface area contributed by atoms with Crippen molar-refractivity contribution in [2.45, 2.75) is 44.8 Å². The second-order valence-electron chi connectivity index (χ2n) is 5.14. The second-order valence-corrected chi connectivity index (χ2v) is 5.14. The molecule has 0 bridgehead atoms. The Morgan fingerprint density at radius 3 is 3.05 bits per heavy atom. The zero-order valence-electron chi connectivity index (χ0n) is 11.4. The first-order valence-electron chi connectivity index (χ1n) is 6.67. The molecule has 0 aromatic heterocycles. The maximum absolute atomic E-state index is 13.6. The highest BCUT2D eigenvalue weighted by Crippen LogP contribution is 2.33. The van der Waals surface area contributed by atoms with Crippen LogP contribution in [0.4, 0.5) is 4.39 Å². The quantitative estimate of drug-likeness (QED) is 0.907. The third-order valence-corrected chi connectivity index (χ3v) is 3.58. The number of hydrogen-bond acceptors (Lipinski definition) is 3. The van der Waals surface area contributed by atoms with Gasteiger partial charge in [-0.2, -0.15) is 5.26 Å². The maximum atomic E-state index is 13.6. The van der Waals surface area contributed by atoms with Crippen LogP contribution in [0.2, 0.25) is 0 Å². The van der Waals surface area contributed by atoms with Crippen molar-refractivity contribution in [1.82, 2.24) is 5.32 Å². The standard InChI is InChI=1S/C15H19FN2O/c1-3-18-15(10-17)7-6-12(9-15)19-14-8-11(2)4-5-13(14)16/h4-5,8,12,18H,3,6-7,9H2,1-2H3. The molecule has 2 atom stereocenters. The van der Waals surface area contributed by atoms with Crippen LogP contribution in [0.5, 0.6) is 5.75 Å². The van der Waals surface area contributed by atoms with Crippen LogP contribution in [-0.2, 0) is 0 Å². The number of hydrogen-bond donors (Lipinski definition) is 1. The highest BCUT2D eigenvalue weighted by atomic mass is 19.1. The van der Waals surface area contributed by atoms with Gasteiger partial charge in [0.1, 0.15) is 11.6 Å². The minimum atomic E-state index is -0.514. The number of rotatable bonds is 4. The summed E-state index contributed by atoms with van der Waals surface area (Å²) in [6, 6.07) is 7.17. The number of halogens is 1. The minimum Gasteiger partial charge on any atom is -0.487 e. The Hall–Kier alpha value is -1.60. The smallest absolute Gasteiger partial charge is 0.165 e. The third kappa shape index (κ3) is 3.05. The third-order valence-electron chi connectivity index (χ3n) is 3.58. The molecule has 102 valence electrons. The van der Waals surface area contributed by atoms with Crippen molar-refractivity contribution in [1.29, 1.82) is 5.26 Å². The molecule has 0 radical (unpaired) electrons. The molecule has 0 heterocycles. The summed E-state index contributed by atoms with van der Waals surface area (Å²) < 4.78 is 19.4. The topological polar surface area (TPSA) is 45.0 Å². The summed E-state index contributed by atoms with van der Waals surface area (Å²) in [5.74, 6) is -0.0567. The molecule has 1 aromatic carbocycles. The molecular weight excluding hydrogens is 243 g/mol. The Kier molecular flexibility index (Phi) is 4.06. The Morgan fingerprint density at radius 1 is 1.58 bits per heavy atom. The van der Waals surface area contributed by atoms with Crippen LogP contribution in [0, 0.1) is 24.1 Å². The van der Waals surface area contributed by atoms with Gasteiger partial charge >= 0.3 is 0 Å². The van der Waals surface area contributed by atoms with Crippen molar-refractivity contribution in [3.63, 3.8) is 0 Å². The predicted octanol–water partition coefficient (Wildman–Crippen LogP) is 2.94. The summed E-state index contributed by atoms with van der Waals surface area (Å²) in [6.07, 6.45) is 2.02. The summed E-state index contributed by atoms with van der Waals surface area (Å²) in [5, 5.41) is 12.5. The van der Waals surface area contributed by atoms with Crippen molar-refractivity contribution >= 4 is 0 Å². The van der Waals surface area contributed by atoms with Crippen molar-refractivity contribution in [3.05, 3.63) is 29.6 Å². The monoisotopic (exact) mass is 262 g/mol. The van der Waals surface area contributed by atoms with E-state index in [1.165, 1.54) is 6.07 Å². The van der Waals surface area contributed by atoms with Crippen LogP contribution in [0.25, 0.3) is 0 Å². The first kappa shape index (κ1) is 13.8. The van der Waals surface area contributed by atoms with Gasteiger partial charge in [0.25, 0.3) is 0 Å². The van der Waals surface area contributed by atoms with Gasteiger partial charge in [0, 0.05) is 6.42 Å². The Bertz CT molecular complexity index is 497. The number of nitrogens with zero attached hydrogens (tertiary/aromatic N) is 1. The Labute approximate surface area is 113 Å². The lowest BCUT2D eigenvalue weighted by atomic mass is 10.00. The molecule has 0 saturated heterocycles. The minimum absolute atomic E-state index is 0.102. The molecule has 0 spiro atoms. The zero-order valence-corrected chi connectivity index (χ0v) is 11.4. The van der Waals surface area contributed by atoms with Crippen molar-refractivity contribution < 1.29 is 9.13 Å². The second kappa shape index (κ2) is 5.58. The summed E-state index contributed by atoms with van der Waals surface area (Å²) in [7, 11) is 0. The number of benzene rings is 1. The lowest BCUT2D eigenvalue weighted by molar-refractivity contribution is 0.192. The van der Waals surface area contributed by atoms with E-state index < -0.39 is 5.54 Å². The van der Waals surface area contributed by atoms with E-state index in [0.29, 0.717) is 6.42 Å². The Morgan fingerprint density at radius 2 is 2.37 bits per heavy atom. The summed E-state index contributed by atoms with van der Waals surface area (Å²) in [5.41, 5.74) is 0.451. The van der Waals surface area contributed by atoms with E-state index in [0.717, 1.165) is 24.9 Å². The lowest BCUT2D eigenvalue weighted by Gasteiger charge is -2.22. The summed E-state index contributed by atoms with van der Waals surface area (Å²) in [4.78, 5) is 0. The van der Waals surface area contributed by atoms with Gasteiger partial charge < -0.3 is 4.74 Å². The molecule has 2 unspecified atom stereocenters. The fraction of sp³-hybridized carbons (Fsp3) is 0.533. The molecule has 1 aliphatic rings. The summed E-state index contributed by atoms with van der Waals surface area (Å²) in [6.45, 7) is 4.63. The van der Waals surface area contributed by atoms with Gasteiger partial charge in [-0.25, -0.2) is 4.39 Å². The number of ether oxygens (including phenoxy) is 1. The largest absolute Gasteiger partial charge is 0.487 e. The fourth-order valence-corrected chi connectivity index (χ4v) is 2.62. The molecule has 1 fully saturated rings. The highest BCUT2D eigenvalue weighted by molar-refractivity contribution is 5.30. The van der Waals surface area contributed by atoms with Crippen LogP contribution >= 0.6 is 0 Å². The van der Waals surface area contributed by atoms with Crippen molar-refractivity contribution in [2.75, 3.05) is 6.54 Å². The van der Waals surface area contributed by atoms with E-state index in [1.807, 2.05) is 13.8 Å². The molecule has 0 amide bonds. The van der Waals surface area contributed by atoms with Gasteiger partial charge in [0.15, 0.2) is 11.6 Å². The van der Waals surface area contributed by atoms with Crippen LogP contribution < -0.4 is 10.1 Å². The first-order valence-corrected chi connectivity index (χ1v) is 6.67. The van der Waals surface area contributed by atoms with Gasteiger partial charge in [0.05, 0.1) is 6.07 Å². The molecule has 3 nitrogen and oxygen atoms in total. The fourth-order valence-electron chi connectivity index (χ4n) is 2.62. The van der Waals surface area contributed by atoms with Crippen molar-refractivity contribution in [2.24, 2.45) is 0 Å². The van der Waals surface area contributed by atoms with Crippen LogP contribution in [0.1, 0.15) is 31.7 Å². The van der Waals surface area contributed by atoms with E-state index in [-0.39, 0.29) is 17.7 Å². The van der Waals surface area contributed by atoms with Crippen LogP contribution in [0.15, 0.2) is 18.2 Å². The number of nitrogens with one attached hydrogen (secondary N) is 1. The highest BCUT2D eigenvalue weighted by Gasteiger charge is 2.40. The SMILES string of the molecule is CCNC1(C#N)CCC(Oc2cc(C)ccc2F)C1. The Balaban J connectivity index is 2.06. The van der Waals surface area contributed by atoms with Gasteiger partial charge in [-0.3, -0.25) is 5.32 Å². The molecule has 1 aliphatic carbocycles. The molecule has 1 saturated carbocycles. The van der Waals surface area contributed by atoms with E-state index in [1.54, 1.807) is 12.1 Å². The predicted molar refractivity (Wildman–Crippen MR) is 71.4 cm³/mol. The van der Waals surface area contributed by atoms with Gasteiger partial charge in [-0.1, -0.05) is 13.0 Å². The molecule has 19 heavy (non-hydrogen) atoms. The molecule has 0 aliphatic heterocycles. The first-order chi connectivity index (χ1) is 9.08. The average molecular weight is 262 g/mol.